The average Bonchev–Trinajstić information content (AvgIpc) is 2.27. The van der Waals surface area contributed by atoms with Crippen LogP contribution in [0.2, 0.25) is 5.15 Å². The van der Waals surface area contributed by atoms with Gasteiger partial charge in [-0.3, -0.25) is 4.79 Å². The van der Waals surface area contributed by atoms with E-state index in [-0.39, 0.29) is 24.2 Å². The van der Waals surface area contributed by atoms with Crippen molar-refractivity contribution < 1.29 is 14.6 Å². The molecule has 0 atom stereocenters. The van der Waals surface area contributed by atoms with Gasteiger partial charge in [-0.2, -0.15) is 0 Å². The third kappa shape index (κ3) is 3.94. The highest BCUT2D eigenvalue weighted by molar-refractivity contribution is 6.30. The van der Waals surface area contributed by atoms with Gasteiger partial charge in [0.05, 0.1) is 18.9 Å². The van der Waals surface area contributed by atoms with E-state index < -0.39 is 0 Å². The van der Waals surface area contributed by atoms with Gasteiger partial charge in [0.25, 0.3) is 0 Å². The van der Waals surface area contributed by atoms with Gasteiger partial charge in [-0.05, 0) is 20.3 Å². The summed E-state index contributed by atoms with van der Waals surface area (Å²) in [4.78, 5) is 19.3. The Hall–Kier alpha value is -1.20. The van der Waals surface area contributed by atoms with Crippen LogP contribution < -0.4 is 0 Å². The van der Waals surface area contributed by atoms with E-state index in [9.17, 15) is 9.90 Å². The van der Waals surface area contributed by atoms with Crippen LogP contribution in [-0.4, -0.2) is 27.7 Å². The van der Waals surface area contributed by atoms with Crippen molar-refractivity contribution in [2.24, 2.45) is 0 Å². The summed E-state index contributed by atoms with van der Waals surface area (Å²) >= 11 is 5.96. The van der Waals surface area contributed by atoms with Crippen LogP contribution in [-0.2, 0) is 22.6 Å². The number of aryl methyl sites for hydroxylation is 1. The molecule has 0 aliphatic carbocycles. The van der Waals surface area contributed by atoms with Crippen molar-refractivity contribution in [2.45, 2.75) is 33.3 Å². The molecule has 0 bridgehead atoms. The molecule has 0 aliphatic rings. The minimum atomic E-state index is -0.298. The molecule has 5 nitrogen and oxygen atoms in total. The molecule has 0 aromatic carbocycles. The molecule has 1 N–H and O–H groups in total. The Labute approximate surface area is 105 Å². The van der Waals surface area contributed by atoms with E-state index in [1.807, 2.05) is 0 Å². The molecule has 6 heteroatoms. The second kappa shape index (κ2) is 6.51. The summed E-state index contributed by atoms with van der Waals surface area (Å²) in [6, 6.07) is 0. The quantitative estimate of drug-likeness (QED) is 0.639. The summed E-state index contributed by atoms with van der Waals surface area (Å²) in [6.45, 7) is 3.57. The Morgan fingerprint density at radius 2 is 2.18 bits per heavy atom. The molecule has 0 spiro atoms. The van der Waals surface area contributed by atoms with Gasteiger partial charge in [0.1, 0.15) is 11.0 Å². The van der Waals surface area contributed by atoms with Crippen molar-refractivity contribution >= 4 is 17.6 Å². The molecule has 0 amide bonds. The SMILES string of the molecule is CCOC(=O)CCc1c(Cl)nc(C)nc1CO. The lowest BCUT2D eigenvalue weighted by Crippen LogP contribution is -2.09. The van der Waals surface area contributed by atoms with Crippen molar-refractivity contribution in [3.63, 3.8) is 0 Å². The number of halogens is 1. The minimum absolute atomic E-state index is 0.201. The van der Waals surface area contributed by atoms with Crippen LogP contribution in [0.5, 0.6) is 0 Å². The number of nitrogens with zero attached hydrogens (tertiary/aromatic N) is 2. The molecule has 1 rings (SSSR count). The van der Waals surface area contributed by atoms with E-state index in [0.717, 1.165) is 0 Å². The Morgan fingerprint density at radius 1 is 1.47 bits per heavy atom. The summed E-state index contributed by atoms with van der Waals surface area (Å²) < 4.78 is 4.82. The van der Waals surface area contributed by atoms with Gasteiger partial charge in [-0.25, -0.2) is 9.97 Å². The van der Waals surface area contributed by atoms with Gasteiger partial charge in [0.15, 0.2) is 0 Å². The maximum absolute atomic E-state index is 11.2. The number of carbonyl (C=O) groups excluding carboxylic acids is 1. The molecule has 17 heavy (non-hydrogen) atoms. The topological polar surface area (TPSA) is 72.3 Å². The van der Waals surface area contributed by atoms with Crippen LogP contribution in [0.4, 0.5) is 0 Å². The summed E-state index contributed by atoms with van der Waals surface area (Å²) in [7, 11) is 0. The molecule has 94 valence electrons. The van der Waals surface area contributed by atoms with E-state index in [2.05, 4.69) is 9.97 Å². The second-order valence-electron chi connectivity index (χ2n) is 3.45. The summed E-state index contributed by atoms with van der Waals surface area (Å²) in [6.07, 6.45) is 0.570. The van der Waals surface area contributed by atoms with Crippen LogP contribution in [0.15, 0.2) is 0 Å². The number of hydrogen-bond donors (Lipinski definition) is 1. The first-order chi connectivity index (χ1) is 8.08. The third-order valence-corrected chi connectivity index (χ3v) is 2.50. The van der Waals surface area contributed by atoms with Crippen molar-refractivity contribution in [3.8, 4) is 0 Å². The number of carbonyl (C=O) groups is 1. The fraction of sp³-hybridized carbons (Fsp3) is 0.545. The van der Waals surface area contributed by atoms with Gasteiger partial charge < -0.3 is 9.84 Å². The third-order valence-electron chi connectivity index (χ3n) is 2.19. The predicted octanol–water partition coefficient (Wildman–Crippen LogP) is 1.43. The van der Waals surface area contributed by atoms with E-state index >= 15 is 0 Å². The van der Waals surface area contributed by atoms with Crippen molar-refractivity contribution in [1.29, 1.82) is 0 Å². The number of ether oxygens (including phenoxy) is 1. The molecular formula is C11H15ClN2O3. The number of aliphatic hydroxyl groups is 1. The number of esters is 1. The van der Waals surface area contributed by atoms with Gasteiger partial charge in [0, 0.05) is 12.0 Å². The Balaban J connectivity index is 2.79. The first-order valence-corrected chi connectivity index (χ1v) is 5.74. The molecule has 1 aromatic heterocycles. The molecule has 1 heterocycles. The highest BCUT2D eigenvalue weighted by Gasteiger charge is 2.13. The minimum Gasteiger partial charge on any atom is -0.466 e. The zero-order chi connectivity index (χ0) is 12.8. The second-order valence-corrected chi connectivity index (χ2v) is 3.81. The van der Waals surface area contributed by atoms with Crippen LogP contribution in [0.1, 0.15) is 30.4 Å². The normalized spacial score (nSPS) is 10.4. The summed E-state index contributed by atoms with van der Waals surface area (Å²) in [5.41, 5.74) is 1.07. The van der Waals surface area contributed by atoms with Crippen LogP contribution >= 0.6 is 11.6 Å². The standard InChI is InChI=1S/C11H15ClN2O3/c1-3-17-10(16)5-4-8-9(6-15)13-7(2)14-11(8)12/h15H,3-6H2,1-2H3. The summed E-state index contributed by atoms with van der Waals surface area (Å²) in [5, 5.41) is 9.45. The molecule has 0 unspecified atom stereocenters. The summed E-state index contributed by atoms with van der Waals surface area (Å²) in [5.74, 6) is 0.201. The van der Waals surface area contributed by atoms with E-state index in [0.29, 0.717) is 30.1 Å². The number of hydrogen-bond acceptors (Lipinski definition) is 5. The van der Waals surface area contributed by atoms with E-state index in [1.54, 1.807) is 13.8 Å². The first kappa shape index (κ1) is 13.9. The molecular weight excluding hydrogens is 244 g/mol. The van der Waals surface area contributed by atoms with Crippen LogP contribution in [0.3, 0.4) is 0 Å². The maximum Gasteiger partial charge on any atom is 0.306 e. The lowest BCUT2D eigenvalue weighted by molar-refractivity contribution is -0.143. The van der Waals surface area contributed by atoms with Gasteiger partial charge in [-0.15, -0.1) is 0 Å². The van der Waals surface area contributed by atoms with Gasteiger partial charge in [0.2, 0.25) is 0 Å². The Bertz CT molecular complexity index is 410. The lowest BCUT2D eigenvalue weighted by atomic mass is 10.1. The maximum atomic E-state index is 11.2. The van der Waals surface area contributed by atoms with E-state index in [4.69, 9.17) is 16.3 Å². The monoisotopic (exact) mass is 258 g/mol. The smallest absolute Gasteiger partial charge is 0.306 e. The van der Waals surface area contributed by atoms with Crippen molar-refractivity contribution in [2.75, 3.05) is 6.61 Å². The molecule has 0 aliphatic heterocycles. The molecule has 0 saturated heterocycles. The van der Waals surface area contributed by atoms with Crippen molar-refractivity contribution in [1.82, 2.24) is 9.97 Å². The Kier molecular flexibility index (Phi) is 5.31. The molecule has 0 radical (unpaired) electrons. The van der Waals surface area contributed by atoms with Crippen LogP contribution in [0.25, 0.3) is 0 Å². The van der Waals surface area contributed by atoms with Crippen molar-refractivity contribution in [3.05, 3.63) is 22.2 Å². The lowest BCUT2D eigenvalue weighted by Gasteiger charge is -2.09. The fourth-order valence-corrected chi connectivity index (χ4v) is 1.78. The predicted molar refractivity (Wildman–Crippen MR) is 62.7 cm³/mol. The highest BCUT2D eigenvalue weighted by atomic mass is 35.5. The molecule has 0 fully saturated rings. The average molecular weight is 259 g/mol. The number of rotatable bonds is 5. The van der Waals surface area contributed by atoms with Gasteiger partial charge in [-0.1, -0.05) is 11.6 Å². The Morgan fingerprint density at radius 3 is 2.76 bits per heavy atom. The molecule has 0 saturated carbocycles. The first-order valence-electron chi connectivity index (χ1n) is 5.36. The van der Waals surface area contributed by atoms with E-state index in [1.165, 1.54) is 0 Å². The zero-order valence-corrected chi connectivity index (χ0v) is 10.6. The fourth-order valence-electron chi connectivity index (χ4n) is 1.45. The highest BCUT2D eigenvalue weighted by Crippen LogP contribution is 2.19. The largest absolute Gasteiger partial charge is 0.466 e. The molecule has 1 aromatic rings. The zero-order valence-electron chi connectivity index (χ0n) is 9.86. The van der Waals surface area contributed by atoms with Gasteiger partial charge >= 0.3 is 5.97 Å². The number of aromatic nitrogens is 2. The van der Waals surface area contributed by atoms with Crippen LogP contribution in [0, 0.1) is 6.92 Å². The number of aliphatic hydroxyl groups excluding tert-OH is 1.